The number of carboxylic acids is 1. The van der Waals surface area contributed by atoms with Crippen molar-refractivity contribution in [1.82, 2.24) is 0 Å². The van der Waals surface area contributed by atoms with Gasteiger partial charge in [0, 0.05) is 29.4 Å². The number of hydrogen-bond acceptors (Lipinski definition) is 3. The Morgan fingerprint density at radius 2 is 1.83 bits per heavy atom. The molecule has 6 heteroatoms. The van der Waals surface area contributed by atoms with Gasteiger partial charge in [-0.15, -0.1) is 0 Å². The monoisotopic (exact) mass is 344 g/mol. The van der Waals surface area contributed by atoms with Crippen LogP contribution in [0.25, 0.3) is 0 Å². The maximum atomic E-state index is 12.3. The Morgan fingerprint density at radius 1 is 1.08 bits per heavy atom. The van der Waals surface area contributed by atoms with Gasteiger partial charge in [0.05, 0.1) is 11.3 Å². The van der Waals surface area contributed by atoms with E-state index in [0.29, 0.717) is 10.6 Å². The van der Waals surface area contributed by atoms with Gasteiger partial charge in [-0.05, 0) is 49.2 Å². The molecule has 0 atom stereocenters. The molecule has 0 aromatic heterocycles. The number of carboxylic acid groups (broad SMARTS) is 1. The van der Waals surface area contributed by atoms with Crippen LogP contribution in [-0.2, 0) is 0 Å². The van der Waals surface area contributed by atoms with E-state index in [9.17, 15) is 14.7 Å². The van der Waals surface area contributed by atoms with E-state index < -0.39 is 11.9 Å². The fourth-order valence-corrected chi connectivity index (χ4v) is 3.00. The van der Waals surface area contributed by atoms with Crippen LogP contribution in [0.5, 0.6) is 0 Å². The highest BCUT2D eigenvalue weighted by Crippen LogP contribution is 2.26. The van der Waals surface area contributed by atoms with Crippen molar-refractivity contribution < 1.29 is 14.7 Å². The third-order valence-electron chi connectivity index (χ3n) is 4.04. The summed E-state index contributed by atoms with van der Waals surface area (Å²) in [6, 6.07) is 11.6. The lowest BCUT2D eigenvalue weighted by Gasteiger charge is -2.19. The summed E-state index contributed by atoms with van der Waals surface area (Å²) in [5.41, 5.74) is 1.60. The van der Waals surface area contributed by atoms with Gasteiger partial charge >= 0.3 is 5.97 Å². The molecule has 0 saturated carbocycles. The van der Waals surface area contributed by atoms with E-state index in [1.165, 1.54) is 6.07 Å². The first-order valence-electron chi connectivity index (χ1n) is 7.74. The summed E-state index contributed by atoms with van der Waals surface area (Å²) in [5.74, 6) is -1.47. The van der Waals surface area contributed by atoms with Gasteiger partial charge in [-0.2, -0.15) is 0 Å². The van der Waals surface area contributed by atoms with Crippen molar-refractivity contribution in [2.45, 2.75) is 12.8 Å². The molecule has 2 aromatic carbocycles. The van der Waals surface area contributed by atoms with Gasteiger partial charge in [0.2, 0.25) is 0 Å². The molecule has 1 aliphatic rings. The van der Waals surface area contributed by atoms with E-state index >= 15 is 0 Å². The van der Waals surface area contributed by atoms with Crippen LogP contribution in [0.3, 0.4) is 0 Å². The molecular formula is C18H17ClN2O3. The maximum absolute atomic E-state index is 12.3. The van der Waals surface area contributed by atoms with Gasteiger partial charge in [-0.3, -0.25) is 4.79 Å². The molecule has 0 spiro atoms. The summed E-state index contributed by atoms with van der Waals surface area (Å²) in [6.07, 6.45) is 2.21. The lowest BCUT2D eigenvalue weighted by atomic mass is 10.1. The number of carbonyl (C=O) groups is 2. The number of carbonyl (C=O) groups excluding carboxylic acids is 1. The van der Waals surface area contributed by atoms with Crippen molar-refractivity contribution in [2.75, 3.05) is 23.3 Å². The summed E-state index contributed by atoms with van der Waals surface area (Å²) < 4.78 is 0. The standard InChI is InChI=1S/C18H17ClN2O3/c19-13-5-3-4-12(10-13)17(22)20-16-7-6-14(11-15(16)18(23)24)21-8-1-2-9-21/h3-7,10-11H,1-2,8-9H2,(H,20,22)(H,23,24). The third-order valence-corrected chi connectivity index (χ3v) is 4.27. The minimum atomic E-state index is -1.07. The Morgan fingerprint density at radius 3 is 2.50 bits per heavy atom. The zero-order valence-corrected chi connectivity index (χ0v) is 13.7. The SMILES string of the molecule is O=C(Nc1ccc(N2CCCC2)cc1C(=O)O)c1cccc(Cl)c1. The summed E-state index contributed by atoms with van der Waals surface area (Å²) in [6.45, 7) is 1.85. The number of benzene rings is 2. The molecular weight excluding hydrogens is 328 g/mol. The molecule has 0 bridgehead atoms. The lowest BCUT2D eigenvalue weighted by Crippen LogP contribution is -2.19. The van der Waals surface area contributed by atoms with E-state index in [4.69, 9.17) is 11.6 Å². The van der Waals surface area contributed by atoms with Crippen molar-refractivity contribution in [3.05, 3.63) is 58.6 Å². The van der Waals surface area contributed by atoms with Crippen molar-refractivity contribution >= 4 is 34.9 Å². The molecule has 0 radical (unpaired) electrons. The van der Waals surface area contributed by atoms with Gasteiger partial charge in [0.1, 0.15) is 0 Å². The molecule has 2 N–H and O–H groups in total. The second kappa shape index (κ2) is 6.93. The Hall–Kier alpha value is -2.53. The number of amides is 1. The second-order valence-corrected chi connectivity index (χ2v) is 6.13. The van der Waals surface area contributed by atoms with Crippen LogP contribution >= 0.6 is 11.6 Å². The first kappa shape index (κ1) is 16.3. The smallest absolute Gasteiger partial charge is 0.337 e. The lowest BCUT2D eigenvalue weighted by molar-refractivity contribution is 0.0698. The van der Waals surface area contributed by atoms with Crippen molar-refractivity contribution in [3.8, 4) is 0 Å². The third kappa shape index (κ3) is 3.51. The maximum Gasteiger partial charge on any atom is 0.337 e. The molecule has 3 rings (SSSR count). The van der Waals surface area contributed by atoms with Crippen LogP contribution in [0.2, 0.25) is 5.02 Å². The molecule has 124 valence electrons. The average molecular weight is 345 g/mol. The zero-order chi connectivity index (χ0) is 17.1. The summed E-state index contributed by atoms with van der Waals surface area (Å²) >= 11 is 5.89. The van der Waals surface area contributed by atoms with Gasteiger partial charge < -0.3 is 15.3 Å². The first-order chi connectivity index (χ1) is 11.5. The molecule has 0 unspecified atom stereocenters. The number of hydrogen-bond donors (Lipinski definition) is 2. The van der Waals surface area contributed by atoms with Crippen LogP contribution in [0.15, 0.2) is 42.5 Å². The van der Waals surface area contributed by atoms with Crippen LogP contribution in [-0.4, -0.2) is 30.1 Å². The zero-order valence-electron chi connectivity index (χ0n) is 13.0. The quantitative estimate of drug-likeness (QED) is 0.882. The minimum Gasteiger partial charge on any atom is -0.478 e. The number of rotatable bonds is 4. The van der Waals surface area contributed by atoms with E-state index in [2.05, 4.69) is 10.2 Å². The minimum absolute atomic E-state index is 0.0785. The van der Waals surface area contributed by atoms with Crippen molar-refractivity contribution in [1.29, 1.82) is 0 Å². The number of aromatic carboxylic acids is 1. The predicted octanol–water partition coefficient (Wildman–Crippen LogP) is 3.89. The van der Waals surface area contributed by atoms with Gasteiger partial charge in [-0.1, -0.05) is 17.7 Å². The average Bonchev–Trinajstić information content (AvgIpc) is 3.09. The van der Waals surface area contributed by atoms with E-state index in [1.54, 1.807) is 30.3 Å². The van der Waals surface area contributed by atoms with Crippen LogP contribution in [0.4, 0.5) is 11.4 Å². The first-order valence-corrected chi connectivity index (χ1v) is 8.11. The molecule has 1 aliphatic heterocycles. The second-order valence-electron chi connectivity index (χ2n) is 5.69. The number of nitrogens with one attached hydrogen (secondary N) is 1. The molecule has 1 saturated heterocycles. The van der Waals surface area contributed by atoms with Crippen LogP contribution in [0.1, 0.15) is 33.6 Å². The van der Waals surface area contributed by atoms with E-state index in [-0.39, 0.29) is 11.3 Å². The largest absolute Gasteiger partial charge is 0.478 e. The molecule has 1 amide bonds. The Kier molecular flexibility index (Phi) is 4.71. The molecule has 2 aromatic rings. The van der Waals surface area contributed by atoms with Crippen molar-refractivity contribution in [3.63, 3.8) is 0 Å². The predicted molar refractivity (Wildman–Crippen MR) is 94.3 cm³/mol. The normalized spacial score (nSPS) is 13.8. The Balaban J connectivity index is 1.86. The van der Waals surface area contributed by atoms with Crippen molar-refractivity contribution in [2.24, 2.45) is 0 Å². The molecule has 1 heterocycles. The van der Waals surface area contributed by atoms with E-state index in [1.807, 2.05) is 6.07 Å². The fraction of sp³-hybridized carbons (Fsp3) is 0.222. The number of anilines is 2. The van der Waals surface area contributed by atoms with Crippen LogP contribution in [0, 0.1) is 0 Å². The van der Waals surface area contributed by atoms with Gasteiger partial charge in [-0.25, -0.2) is 4.79 Å². The van der Waals surface area contributed by atoms with Crippen LogP contribution < -0.4 is 10.2 Å². The number of halogens is 1. The highest BCUT2D eigenvalue weighted by atomic mass is 35.5. The summed E-state index contributed by atoms with van der Waals surface area (Å²) in [5, 5.41) is 12.6. The van der Waals surface area contributed by atoms with Gasteiger partial charge in [0.25, 0.3) is 5.91 Å². The Bertz CT molecular complexity index is 786. The number of nitrogens with zero attached hydrogens (tertiary/aromatic N) is 1. The molecule has 24 heavy (non-hydrogen) atoms. The van der Waals surface area contributed by atoms with E-state index in [0.717, 1.165) is 31.6 Å². The topological polar surface area (TPSA) is 69.6 Å². The highest BCUT2D eigenvalue weighted by molar-refractivity contribution is 6.31. The fourth-order valence-electron chi connectivity index (χ4n) is 2.81. The Labute approximate surface area is 144 Å². The highest BCUT2D eigenvalue weighted by Gasteiger charge is 2.18. The summed E-state index contributed by atoms with van der Waals surface area (Å²) in [7, 11) is 0. The van der Waals surface area contributed by atoms with Gasteiger partial charge in [0.15, 0.2) is 0 Å². The molecule has 1 fully saturated rings. The summed E-state index contributed by atoms with van der Waals surface area (Å²) in [4.78, 5) is 26.0. The molecule has 0 aliphatic carbocycles. The molecule has 5 nitrogen and oxygen atoms in total.